The van der Waals surface area contributed by atoms with Crippen LogP contribution in [0.3, 0.4) is 0 Å². The van der Waals surface area contributed by atoms with Crippen LogP contribution < -0.4 is 5.73 Å². The van der Waals surface area contributed by atoms with Crippen LogP contribution in [0.2, 0.25) is 0 Å². The third-order valence-corrected chi connectivity index (χ3v) is 3.20. The Morgan fingerprint density at radius 3 is 2.67 bits per heavy atom. The van der Waals surface area contributed by atoms with Gasteiger partial charge in [0.25, 0.3) is 0 Å². The molecule has 0 aliphatic carbocycles. The lowest BCUT2D eigenvalue weighted by atomic mass is 10.00. The number of benzene rings is 2. The summed E-state index contributed by atoms with van der Waals surface area (Å²) in [5, 5.41) is 3.68. The van der Waals surface area contributed by atoms with Crippen molar-refractivity contribution in [2.75, 3.05) is 5.73 Å². The molecule has 0 fully saturated rings. The van der Waals surface area contributed by atoms with Gasteiger partial charge in [-0.3, -0.25) is 0 Å². The maximum atomic E-state index is 14.0. The van der Waals surface area contributed by atoms with E-state index < -0.39 is 11.6 Å². The van der Waals surface area contributed by atoms with Crippen molar-refractivity contribution in [3.8, 4) is 22.5 Å². The normalized spacial score (nSPS) is 10.8. The number of nitrogens with two attached hydrogens (primary N) is 1. The van der Waals surface area contributed by atoms with Crippen molar-refractivity contribution in [2.24, 2.45) is 0 Å². The summed E-state index contributed by atoms with van der Waals surface area (Å²) >= 11 is 0. The third kappa shape index (κ3) is 2.38. The molecular formula is C16H12F2N2O. The quantitative estimate of drug-likeness (QED) is 0.769. The molecular weight excluding hydrogens is 274 g/mol. The molecule has 3 nitrogen and oxygen atoms in total. The van der Waals surface area contributed by atoms with Crippen molar-refractivity contribution >= 4 is 5.82 Å². The highest BCUT2D eigenvalue weighted by Gasteiger charge is 2.20. The molecule has 3 rings (SSSR count). The third-order valence-electron chi connectivity index (χ3n) is 3.20. The maximum Gasteiger partial charge on any atom is 0.179 e. The lowest BCUT2D eigenvalue weighted by Crippen LogP contribution is -1.91. The van der Waals surface area contributed by atoms with Crippen LogP contribution in [-0.4, -0.2) is 5.16 Å². The fourth-order valence-electron chi connectivity index (χ4n) is 2.22. The summed E-state index contributed by atoms with van der Waals surface area (Å²) in [7, 11) is 0. The number of rotatable bonds is 2. The number of nitrogen functional groups attached to an aromatic ring is 1. The topological polar surface area (TPSA) is 52.0 Å². The van der Waals surface area contributed by atoms with Crippen molar-refractivity contribution in [3.05, 3.63) is 59.7 Å². The number of hydrogen-bond acceptors (Lipinski definition) is 3. The van der Waals surface area contributed by atoms with Crippen molar-refractivity contribution in [3.63, 3.8) is 0 Å². The molecule has 3 aromatic rings. The van der Waals surface area contributed by atoms with Gasteiger partial charge in [0, 0.05) is 0 Å². The molecule has 106 valence electrons. The average molecular weight is 286 g/mol. The highest BCUT2D eigenvalue weighted by Crippen LogP contribution is 2.38. The predicted molar refractivity (Wildman–Crippen MR) is 76.4 cm³/mol. The number of halogens is 2. The Hall–Kier alpha value is -2.69. The first-order chi connectivity index (χ1) is 10.1. The van der Waals surface area contributed by atoms with E-state index in [9.17, 15) is 8.78 Å². The first-order valence-corrected chi connectivity index (χ1v) is 6.34. The standard InChI is InChI=1S/C16H12F2N2O/c1-9-5-6-13(18)12(7-9)15-14(16(19)20-21-15)10-3-2-4-11(17)8-10/h2-8H,1H3,(H2,19,20). The van der Waals surface area contributed by atoms with Crippen LogP contribution in [-0.2, 0) is 0 Å². The molecule has 0 aliphatic heterocycles. The summed E-state index contributed by atoms with van der Waals surface area (Å²) in [6.45, 7) is 1.84. The van der Waals surface area contributed by atoms with Gasteiger partial charge in [-0.2, -0.15) is 0 Å². The zero-order valence-electron chi connectivity index (χ0n) is 11.2. The van der Waals surface area contributed by atoms with E-state index in [1.165, 1.54) is 18.2 Å². The van der Waals surface area contributed by atoms with Crippen LogP contribution in [0.4, 0.5) is 14.6 Å². The van der Waals surface area contributed by atoms with Gasteiger partial charge in [0.15, 0.2) is 11.6 Å². The number of aryl methyl sites for hydroxylation is 1. The molecule has 0 atom stereocenters. The second-order valence-electron chi connectivity index (χ2n) is 4.77. The van der Waals surface area contributed by atoms with E-state index in [0.29, 0.717) is 11.1 Å². The first kappa shape index (κ1) is 13.3. The summed E-state index contributed by atoms with van der Waals surface area (Å²) in [6, 6.07) is 10.5. The van der Waals surface area contributed by atoms with Gasteiger partial charge >= 0.3 is 0 Å². The molecule has 5 heteroatoms. The van der Waals surface area contributed by atoms with Crippen LogP contribution in [0.5, 0.6) is 0 Å². The maximum absolute atomic E-state index is 14.0. The van der Waals surface area contributed by atoms with E-state index in [2.05, 4.69) is 5.16 Å². The van der Waals surface area contributed by atoms with Crippen molar-refractivity contribution in [1.82, 2.24) is 5.16 Å². The minimum atomic E-state index is -0.450. The molecule has 0 unspecified atom stereocenters. The fraction of sp³-hybridized carbons (Fsp3) is 0.0625. The van der Waals surface area contributed by atoms with Gasteiger partial charge < -0.3 is 10.3 Å². The van der Waals surface area contributed by atoms with Gasteiger partial charge in [0.2, 0.25) is 0 Å². The summed E-state index contributed by atoms with van der Waals surface area (Å²) in [5.74, 6) is -0.575. The number of aromatic nitrogens is 1. The number of anilines is 1. The van der Waals surface area contributed by atoms with Crippen LogP contribution >= 0.6 is 0 Å². The highest BCUT2D eigenvalue weighted by atomic mass is 19.1. The van der Waals surface area contributed by atoms with E-state index in [1.807, 2.05) is 6.92 Å². The molecule has 0 radical (unpaired) electrons. The summed E-state index contributed by atoms with van der Waals surface area (Å²) in [6.07, 6.45) is 0. The fourth-order valence-corrected chi connectivity index (χ4v) is 2.22. The molecule has 0 spiro atoms. The number of nitrogens with zero attached hydrogens (tertiary/aromatic N) is 1. The minimum absolute atomic E-state index is 0.0940. The Morgan fingerprint density at radius 1 is 1.10 bits per heavy atom. The molecule has 0 saturated carbocycles. The summed E-state index contributed by atoms with van der Waals surface area (Å²) < 4.78 is 32.6. The van der Waals surface area contributed by atoms with Gasteiger partial charge in [0.05, 0.1) is 11.1 Å². The molecule has 1 aromatic heterocycles. The Bertz CT molecular complexity index is 812. The van der Waals surface area contributed by atoms with Gasteiger partial charge in [0.1, 0.15) is 11.6 Å². The predicted octanol–water partition coefficient (Wildman–Crippen LogP) is 4.18. The van der Waals surface area contributed by atoms with Gasteiger partial charge in [-0.05, 0) is 36.8 Å². The number of hydrogen-bond donors (Lipinski definition) is 1. The van der Waals surface area contributed by atoms with Crippen LogP contribution in [0.1, 0.15) is 5.56 Å². The SMILES string of the molecule is Cc1ccc(F)c(-c2onc(N)c2-c2cccc(F)c2)c1. The van der Waals surface area contributed by atoms with Crippen LogP contribution in [0.15, 0.2) is 47.0 Å². The Kier molecular flexibility index (Phi) is 3.17. The van der Waals surface area contributed by atoms with E-state index in [1.54, 1.807) is 24.3 Å². The molecule has 0 amide bonds. The second-order valence-corrected chi connectivity index (χ2v) is 4.77. The van der Waals surface area contributed by atoms with E-state index in [4.69, 9.17) is 10.3 Å². The van der Waals surface area contributed by atoms with Crippen molar-refractivity contribution in [1.29, 1.82) is 0 Å². The van der Waals surface area contributed by atoms with Gasteiger partial charge in [-0.15, -0.1) is 0 Å². The molecule has 0 bridgehead atoms. The average Bonchev–Trinajstić information content (AvgIpc) is 2.83. The smallest absolute Gasteiger partial charge is 0.179 e. The van der Waals surface area contributed by atoms with Crippen molar-refractivity contribution < 1.29 is 13.3 Å². The summed E-state index contributed by atoms with van der Waals surface area (Å²) in [4.78, 5) is 0. The Balaban J connectivity index is 2.24. The monoisotopic (exact) mass is 286 g/mol. The van der Waals surface area contributed by atoms with Crippen molar-refractivity contribution in [2.45, 2.75) is 6.92 Å². The lowest BCUT2D eigenvalue weighted by Gasteiger charge is -2.05. The largest absolute Gasteiger partial charge is 0.380 e. The van der Waals surface area contributed by atoms with E-state index in [0.717, 1.165) is 5.56 Å². The molecule has 2 aromatic carbocycles. The Morgan fingerprint density at radius 2 is 1.90 bits per heavy atom. The van der Waals surface area contributed by atoms with E-state index >= 15 is 0 Å². The zero-order chi connectivity index (χ0) is 15.0. The Labute approximate surface area is 120 Å². The molecule has 2 N–H and O–H groups in total. The highest BCUT2D eigenvalue weighted by molar-refractivity contribution is 5.86. The minimum Gasteiger partial charge on any atom is -0.380 e. The first-order valence-electron chi connectivity index (χ1n) is 6.34. The van der Waals surface area contributed by atoms with E-state index in [-0.39, 0.29) is 17.1 Å². The molecule has 1 heterocycles. The van der Waals surface area contributed by atoms with Crippen LogP contribution in [0.25, 0.3) is 22.5 Å². The van der Waals surface area contributed by atoms with Gasteiger partial charge in [-0.25, -0.2) is 8.78 Å². The summed E-state index contributed by atoms with van der Waals surface area (Å²) in [5.41, 5.74) is 7.79. The van der Waals surface area contributed by atoms with Crippen LogP contribution in [0, 0.1) is 18.6 Å². The molecule has 0 aliphatic rings. The van der Waals surface area contributed by atoms with Gasteiger partial charge in [-0.1, -0.05) is 28.9 Å². The second kappa shape index (κ2) is 5.01. The molecule has 0 saturated heterocycles. The zero-order valence-corrected chi connectivity index (χ0v) is 11.2. The lowest BCUT2D eigenvalue weighted by molar-refractivity contribution is 0.433. The molecule has 21 heavy (non-hydrogen) atoms.